The second kappa shape index (κ2) is 5.88. The van der Waals surface area contributed by atoms with Crippen molar-refractivity contribution in [3.8, 4) is 0 Å². The summed E-state index contributed by atoms with van der Waals surface area (Å²) in [5.74, 6) is 0.254. The summed E-state index contributed by atoms with van der Waals surface area (Å²) in [6.07, 6.45) is 2.88. The maximum absolute atomic E-state index is 13.0. The Morgan fingerprint density at radius 2 is 1.88 bits per heavy atom. The third-order valence-corrected chi connectivity index (χ3v) is 4.20. The quantitative estimate of drug-likeness (QED) is 0.651. The highest BCUT2D eigenvalue weighted by Gasteiger charge is 2.25. The summed E-state index contributed by atoms with van der Waals surface area (Å²) in [5, 5.41) is 0.188. The van der Waals surface area contributed by atoms with Crippen LogP contribution in [0.1, 0.15) is 32.3 Å². The van der Waals surface area contributed by atoms with Crippen molar-refractivity contribution in [1.29, 1.82) is 0 Å². The molecule has 0 bridgehead atoms. The molecule has 3 heteroatoms. The minimum absolute atomic E-state index is 0.0999. The van der Waals surface area contributed by atoms with E-state index >= 15 is 0 Å². The zero-order chi connectivity index (χ0) is 12.2. The number of benzene rings is 1. The van der Waals surface area contributed by atoms with Crippen molar-refractivity contribution in [2.75, 3.05) is 5.88 Å². The number of rotatable bonds is 5. The van der Waals surface area contributed by atoms with Crippen molar-refractivity contribution < 1.29 is 4.39 Å². The van der Waals surface area contributed by atoms with Gasteiger partial charge in [0.2, 0.25) is 0 Å². The van der Waals surface area contributed by atoms with E-state index in [4.69, 9.17) is 23.2 Å². The van der Waals surface area contributed by atoms with Crippen molar-refractivity contribution in [1.82, 2.24) is 0 Å². The Bertz CT molecular complexity index is 338. The number of hydrogen-bond acceptors (Lipinski definition) is 0. The molecule has 0 unspecified atom stereocenters. The summed E-state index contributed by atoms with van der Waals surface area (Å²) >= 11 is 11.8. The van der Waals surface area contributed by atoms with Crippen LogP contribution in [0, 0.1) is 11.2 Å². The lowest BCUT2D eigenvalue weighted by molar-refractivity contribution is 0.301. The second-order valence-corrected chi connectivity index (χ2v) is 4.94. The molecule has 1 rings (SSSR count). The van der Waals surface area contributed by atoms with E-state index in [1.807, 2.05) is 0 Å². The minimum atomic E-state index is -0.366. The molecule has 0 aliphatic rings. The SMILES string of the molecule is CCC(CC)(CCl)Cc1ccc(F)c(Cl)c1. The van der Waals surface area contributed by atoms with Crippen LogP contribution in [0.25, 0.3) is 0 Å². The zero-order valence-corrected chi connectivity index (χ0v) is 11.2. The number of hydrogen-bond donors (Lipinski definition) is 0. The molecule has 1 aromatic rings. The molecular formula is C13H17Cl2F. The molecule has 0 saturated carbocycles. The molecular weight excluding hydrogens is 246 g/mol. The molecule has 0 aromatic heterocycles. The Hall–Kier alpha value is -0.270. The summed E-state index contributed by atoms with van der Waals surface area (Å²) < 4.78 is 13.0. The fourth-order valence-corrected chi connectivity index (χ4v) is 2.49. The average Bonchev–Trinajstić information content (AvgIpc) is 2.31. The second-order valence-electron chi connectivity index (χ2n) is 4.27. The van der Waals surface area contributed by atoms with Crippen LogP contribution in [0.4, 0.5) is 4.39 Å². The van der Waals surface area contributed by atoms with Crippen LogP contribution in [0.3, 0.4) is 0 Å². The van der Waals surface area contributed by atoms with Crippen molar-refractivity contribution in [3.63, 3.8) is 0 Å². The first kappa shape index (κ1) is 13.8. The van der Waals surface area contributed by atoms with Gasteiger partial charge in [-0.2, -0.15) is 0 Å². The molecule has 0 saturated heterocycles. The zero-order valence-electron chi connectivity index (χ0n) is 9.69. The van der Waals surface area contributed by atoms with Gasteiger partial charge in [-0.15, -0.1) is 11.6 Å². The Morgan fingerprint density at radius 3 is 2.31 bits per heavy atom. The smallest absolute Gasteiger partial charge is 0.141 e. The maximum Gasteiger partial charge on any atom is 0.141 e. The van der Waals surface area contributed by atoms with Crippen LogP contribution in [-0.2, 0) is 6.42 Å². The summed E-state index contributed by atoms with van der Waals surface area (Å²) in [6, 6.07) is 4.90. The third-order valence-electron chi connectivity index (χ3n) is 3.35. The molecule has 0 nitrogen and oxygen atoms in total. The van der Waals surface area contributed by atoms with Crippen LogP contribution in [-0.4, -0.2) is 5.88 Å². The molecule has 0 N–H and O–H groups in total. The molecule has 0 fully saturated rings. The van der Waals surface area contributed by atoms with Crippen LogP contribution in [0.15, 0.2) is 18.2 Å². The first-order valence-corrected chi connectivity index (χ1v) is 6.48. The minimum Gasteiger partial charge on any atom is -0.205 e. The third kappa shape index (κ3) is 3.11. The standard InChI is InChI=1S/C13H17Cl2F/c1-3-13(4-2,9-14)8-10-5-6-12(16)11(15)7-10/h5-7H,3-4,8-9H2,1-2H3. The van der Waals surface area contributed by atoms with E-state index < -0.39 is 0 Å². The van der Waals surface area contributed by atoms with Gasteiger partial charge in [0.05, 0.1) is 5.02 Å². The van der Waals surface area contributed by atoms with E-state index in [0.717, 1.165) is 24.8 Å². The van der Waals surface area contributed by atoms with Crippen LogP contribution < -0.4 is 0 Å². The monoisotopic (exact) mass is 262 g/mol. The van der Waals surface area contributed by atoms with Gasteiger partial charge in [-0.1, -0.05) is 31.5 Å². The lowest BCUT2D eigenvalue weighted by atomic mass is 9.79. The fourth-order valence-electron chi connectivity index (χ4n) is 1.82. The van der Waals surface area contributed by atoms with Gasteiger partial charge >= 0.3 is 0 Å². The topological polar surface area (TPSA) is 0 Å². The molecule has 0 amide bonds. The first-order chi connectivity index (χ1) is 7.56. The molecule has 0 spiro atoms. The van der Waals surface area contributed by atoms with Gasteiger partial charge in [0.1, 0.15) is 5.82 Å². The predicted octanol–water partition coefficient (Wildman–Crippen LogP) is 5.07. The molecule has 1 aromatic carbocycles. The van der Waals surface area contributed by atoms with E-state index in [0.29, 0.717) is 5.88 Å². The van der Waals surface area contributed by atoms with E-state index in [-0.39, 0.29) is 16.3 Å². The fraction of sp³-hybridized carbons (Fsp3) is 0.538. The van der Waals surface area contributed by atoms with Gasteiger partial charge in [0, 0.05) is 5.88 Å². The maximum atomic E-state index is 13.0. The molecule has 0 atom stereocenters. The van der Waals surface area contributed by atoms with Gasteiger partial charge in [-0.05, 0) is 42.4 Å². The number of halogens is 3. The summed E-state index contributed by atoms with van der Waals surface area (Å²) in [7, 11) is 0. The van der Waals surface area contributed by atoms with Gasteiger partial charge < -0.3 is 0 Å². The molecule has 0 aliphatic carbocycles. The van der Waals surface area contributed by atoms with Gasteiger partial charge in [-0.25, -0.2) is 4.39 Å². The summed E-state index contributed by atoms with van der Waals surface area (Å²) in [5.41, 5.74) is 1.15. The highest BCUT2D eigenvalue weighted by Crippen LogP contribution is 2.33. The highest BCUT2D eigenvalue weighted by atomic mass is 35.5. The Morgan fingerprint density at radius 1 is 1.25 bits per heavy atom. The molecule has 0 heterocycles. The van der Waals surface area contributed by atoms with Gasteiger partial charge in [-0.3, -0.25) is 0 Å². The first-order valence-electron chi connectivity index (χ1n) is 5.57. The molecule has 0 radical (unpaired) electrons. The Balaban J connectivity index is 2.89. The van der Waals surface area contributed by atoms with Gasteiger partial charge in [0.15, 0.2) is 0 Å². The number of alkyl halides is 1. The summed E-state index contributed by atoms with van der Waals surface area (Å²) in [6.45, 7) is 4.27. The van der Waals surface area contributed by atoms with E-state index in [1.54, 1.807) is 12.1 Å². The largest absolute Gasteiger partial charge is 0.205 e. The van der Waals surface area contributed by atoms with Gasteiger partial charge in [0.25, 0.3) is 0 Å². The lowest BCUT2D eigenvalue weighted by Gasteiger charge is -2.29. The van der Waals surface area contributed by atoms with Crippen molar-refractivity contribution in [2.24, 2.45) is 5.41 Å². The molecule has 16 heavy (non-hydrogen) atoms. The van der Waals surface area contributed by atoms with E-state index in [1.165, 1.54) is 6.07 Å². The van der Waals surface area contributed by atoms with Crippen molar-refractivity contribution >= 4 is 23.2 Å². The Kier molecular flexibility index (Phi) is 5.07. The highest BCUT2D eigenvalue weighted by molar-refractivity contribution is 6.30. The molecule has 90 valence electrons. The normalized spacial score (nSPS) is 11.8. The van der Waals surface area contributed by atoms with Crippen molar-refractivity contribution in [2.45, 2.75) is 33.1 Å². The average molecular weight is 263 g/mol. The van der Waals surface area contributed by atoms with E-state index in [9.17, 15) is 4.39 Å². The Labute approximate surface area is 107 Å². The lowest BCUT2D eigenvalue weighted by Crippen LogP contribution is -2.24. The van der Waals surface area contributed by atoms with Crippen LogP contribution in [0.2, 0.25) is 5.02 Å². The van der Waals surface area contributed by atoms with E-state index in [2.05, 4.69) is 13.8 Å². The molecule has 0 aliphatic heterocycles. The van der Waals surface area contributed by atoms with Crippen LogP contribution >= 0.6 is 23.2 Å². The van der Waals surface area contributed by atoms with Crippen molar-refractivity contribution in [3.05, 3.63) is 34.6 Å². The predicted molar refractivity (Wildman–Crippen MR) is 68.8 cm³/mol. The van der Waals surface area contributed by atoms with Crippen LogP contribution in [0.5, 0.6) is 0 Å². The summed E-state index contributed by atoms with van der Waals surface area (Å²) in [4.78, 5) is 0.